The summed E-state index contributed by atoms with van der Waals surface area (Å²) in [5.41, 5.74) is 0.756. The Labute approximate surface area is 119 Å². The molecule has 1 N–H and O–H groups in total. The number of hydrogen-bond donors (Lipinski definition) is 1. The number of nitrogens with one attached hydrogen (secondary N) is 1. The second-order valence-electron chi connectivity index (χ2n) is 6.34. The van der Waals surface area contributed by atoms with Crippen LogP contribution in [0.3, 0.4) is 0 Å². The third-order valence-corrected chi connectivity index (χ3v) is 1.81. The van der Waals surface area contributed by atoms with Crippen LogP contribution in [0.1, 0.15) is 48.5 Å². The summed E-state index contributed by atoms with van der Waals surface area (Å²) in [6.45, 7) is 11.6. The lowest BCUT2D eigenvalue weighted by molar-refractivity contribution is -0.113. The van der Waals surface area contributed by atoms with Crippen molar-refractivity contribution in [2.75, 3.05) is 0 Å². The van der Waals surface area contributed by atoms with Crippen molar-refractivity contribution in [3.63, 3.8) is 0 Å². The number of amides is 2. The molecule has 0 spiro atoms. The predicted molar refractivity (Wildman–Crippen MR) is 73.0 cm³/mol. The van der Waals surface area contributed by atoms with Gasteiger partial charge in [-0.2, -0.15) is 0 Å². The van der Waals surface area contributed by atoms with Gasteiger partial charge in [0, 0.05) is 0 Å². The van der Waals surface area contributed by atoms with Crippen LogP contribution in [0.25, 0.3) is 0 Å². The molecule has 116 valence electrons. The number of carbonyl (C=O) groups is 3. The van der Waals surface area contributed by atoms with E-state index in [1.807, 2.05) is 0 Å². The minimum atomic E-state index is -0.877. The Bertz CT molecular complexity index is 368. The maximum atomic E-state index is 11.9. The Morgan fingerprint density at radius 3 is 1.85 bits per heavy atom. The van der Waals surface area contributed by atoms with Crippen LogP contribution in [0.4, 0.5) is 9.59 Å². The van der Waals surface area contributed by atoms with Gasteiger partial charge in [0.05, 0.1) is 0 Å². The van der Waals surface area contributed by atoms with Crippen molar-refractivity contribution < 1.29 is 23.9 Å². The number of nitrogens with zero attached hydrogens (tertiary/aromatic N) is 1. The van der Waals surface area contributed by atoms with E-state index in [1.54, 1.807) is 41.5 Å². The van der Waals surface area contributed by atoms with E-state index in [2.05, 4.69) is 5.43 Å². The highest BCUT2D eigenvalue weighted by Gasteiger charge is 2.29. The van der Waals surface area contributed by atoms with Crippen molar-refractivity contribution in [3.8, 4) is 0 Å². The van der Waals surface area contributed by atoms with Crippen molar-refractivity contribution >= 4 is 18.5 Å². The lowest BCUT2D eigenvalue weighted by Gasteiger charge is -2.30. The van der Waals surface area contributed by atoms with Crippen molar-refractivity contribution in [2.24, 2.45) is 0 Å². The molecule has 0 saturated heterocycles. The van der Waals surface area contributed by atoms with Crippen LogP contribution >= 0.6 is 0 Å². The summed E-state index contributed by atoms with van der Waals surface area (Å²) in [7, 11) is 0. The Morgan fingerprint density at radius 1 is 1.05 bits per heavy atom. The number of rotatable bonds is 2. The van der Waals surface area contributed by atoms with Crippen LogP contribution in [0.2, 0.25) is 0 Å². The van der Waals surface area contributed by atoms with E-state index in [1.165, 1.54) is 6.92 Å². The van der Waals surface area contributed by atoms with Gasteiger partial charge in [-0.3, -0.25) is 0 Å². The molecular formula is C13H24N2O5. The molecule has 2 amide bonds. The summed E-state index contributed by atoms with van der Waals surface area (Å²) >= 11 is 0. The maximum Gasteiger partial charge on any atom is 0.429 e. The molecule has 0 aliphatic rings. The van der Waals surface area contributed by atoms with Gasteiger partial charge in [0.1, 0.15) is 23.5 Å². The molecular weight excluding hydrogens is 264 g/mol. The largest absolute Gasteiger partial charge is 0.443 e. The van der Waals surface area contributed by atoms with E-state index >= 15 is 0 Å². The first-order valence-electron chi connectivity index (χ1n) is 6.33. The molecule has 20 heavy (non-hydrogen) atoms. The Hall–Kier alpha value is -1.79. The zero-order chi connectivity index (χ0) is 16.1. The number of carbonyl (C=O) groups excluding carboxylic acids is 3. The summed E-state index contributed by atoms with van der Waals surface area (Å²) in [5.74, 6) is 0. The molecule has 0 saturated carbocycles. The molecule has 0 aliphatic heterocycles. The highest BCUT2D eigenvalue weighted by atomic mass is 16.6. The second kappa shape index (κ2) is 6.58. The predicted octanol–water partition coefficient (Wildman–Crippen LogP) is 2.25. The molecule has 0 aliphatic carbocycles. The molecule has 0 bridgehead atoms. The molecule has 0 rings (SSSR count). The standard InChI is InChI=1S/C13H24N2O5/c1-9(8-16)15(11(18)20-13(5,6)7)14-10(17)19-12(2,3)4/h8-9H,1-7H3,(H,14,17)/t9-/m0/s1. The molecule has 0 unspecified atom stereocenters. The molecule has 0 radical (unpaired) electrons. The molecule has 7 nitrogen and oxygen atoms in total. The third-order valence-electron chi connectivity index (χ3n) is 1.81. The van der Waals surface area contributed by atoms with Crippen LogP contribution in [-0.4, -0.2) is 40.7 Å². The van der Waals surface area contributed by atoms with Gasteiger partial charge in [-0.05, 0) is 48.5 Å². The van der Waals surface area contributed by atoms with Gasteiger partial charge < -0.3 is 14.3 Å². The normalized spacial score (nSPS) is 13.2. The maximum absolute atomic E-state index is 11.9. The summed E-state index contributed by atoms with van der Waals surface area (Å²) in [6, 6.07) is -0.877. The van der Waals surface area contributed by atoms with Crippen molar-refractivity contribution in [1.82, 2.24) is 10.4 Å². The van der Waals surface area contributed by atoms with Gasteiger partial charge in [0.2, 0.25) is 0 Å². The van der Waals surface area contributed by atoms with Crippen molar-refractivity contribution in [1.29, 1.82) is 0 Å². The fourth-order valence-corrected chi connectivity index (χ4v) is 1.08. The van der Waals surface area contributed by atoms with Gasteiger partial charge in [-0.15, -0.1) is 0 Å². The minimum absolute atomic E-state index is 0.515. The summed E-state index contributed by atoms with van der Waals surface area (Å²) in [4.78, 5) is 34.4. The van der Waals surface area contributed by atoms with Gasteiger partial charge in [-0.1, -0.05) is 0 Å². The topological polar surface area (TPSA) is 84.9 Å². The average Bonchev–Trinajstić information content (AvgIpc) is 2.19. The first-order chi connectivity index (χ1) is 8.85. The SMILES string of the molecule is C[C@@H](C=O)N(NC(=O)OC(C)(C)C)C(=O)OC(C)(C)C. The van der Waals surface area contributed by atoms with E-state index in [0.717, 1.165) is 5.01 Å². The fraction of sp³-hybridized carbons (Fsp3) is 0.769. The van der Waals surface area contributed by atoms with Crippen molar-refractivity contribution in [2.45, 2.75) is 65.7 Å². The zero-order valence-electron chi connectivity index (χ0n) is 13.1. The Balaban J connectivity index is 4.87. The molecule has 1 atom stereocenters. The van der Waals surface area contributed by atoms with Gasteiger partial charge >= 0.3 is 12.2 Å². The van der Waals surface area contributed by atoms with Crippen LogP contribution in [0.15, 0.2) is 0 Å². The summed E-state index contributed by atoms with van der Waals surface area (Å²) in [6.07, 6.45) is -1.15. The van der Waals surface area contributed by atoms with E-state index in [0.29, 0.717) is 6.29 Å². The third kappa shape index (κ3) is 7.60. The van der Waals surface area contributed by atoms with Crippen LogP contribution < -0.4 is 5.43 Å². The van der Waals surface area contributed by atoms with Crippen LogP contribution in [-0.2, 0) is 14.3 Å². The highest BCUT2D eigenvalue weighted by Crippen LogP contribution is 2.11. The van der Waals surface area contributed by atoms with Crippen molar-refractivity contribution in [3.05, 3.63) is 0 Å². The molecule has 0 aromatic carbocycles. The van der Waals surface area contributed by atoms with Gasteiger partial charge in [0.25, 0.3) is 0 Å². The lowest BCUT2D eigenvalue weighted by Crippen LogP contribution is -2.54. The molecule has 0 aromatic heterocycles. The van der Waals surface area contributed by atoms with E-state index in [9.17, 15) is 14.4 Å². The smallest absolute Gasteiger partial charge is 0.429 e. The minimum Gasteiger partial charge on any atom is -0.443 e. The number of aldehydes is 1. The summed E-state index contributed by atoms with van der Waals surface area (Å²) in [5, 5.41) is 0.798. The lowest BCUT2D eigenvalue weighted by atomic mass is 10.2. The molecule has 0 fully saturated rings. The van der Waals surface area contributed by atoms with Gasteiger partial charge in [-0.25, -0.2) is 20.0 Å². The summed E-state index contributed by atoms with van der Waals surface area (Å²) < 4.78 is 10.1. The van der Waals surface area contributed by atoms with E-state index in [-0.39, 0.29) is 0 Å². The van der Waals surface area contributed by atoms with Crippen LogP contribution in [0.5, 0.6) is 0 Å². The Kier molecular flexibility index (Phi) is 5.99. The van der Waals surface area contributed by atoms with E-state index < -0.39 is 29.4 Å². The molecule has 0 heterocycles. The first kappa shape index (κ1) is 18.2. The zero-order valence-corrected chi connectivity index (χ0v) is 13.1. The Morgan fingerprint density at radius 2 is 1.50 bits per heavy atom. The first-order valence-corrected chi connectivity index (χ1v) is 6.33. The fourth-order valence-electron chi connectivity index (χ4n) is 1.08. The number of hydrogen-bond acceptors (Lipinski definition) is 5. The number of hydrazine groups is 1. The molecule has 7 heteroatoms. The second-order valence-corrected chi connectivity index (χ2v) is 6.34. The van der Waals surface area contributed by atoms with E-state index in [4.69, 9.17) is 9.47 Å². The molecule has 0 aromatic rings. The van der Waals surface area contributed by atoms with Gasteiger partial charge in [0.15, 0.2) is 0 Å². The highest BCUT2D eigenvalue weighted by molar-refractivity contribution is 5.77. The average molecular weight is 288 g/mol. The number of ether oxygens (including phenoxy) is 2. The monoisotopic (exact) mass is 288 g/mol. The van der Waals surface area contributed by atoms with Crippen LogP contribution in [0, 0.1) is 0 Å². The quantitative estimate of drug-likeness (QED) is 0.622.